The van der Waals surface area contributed by atoms with Gasteiger partial charge in [-0.1, -0.05) is 122 Å². The Morgan fingerprint density at radius 3 is 0.829 bits per heavy atom. The zero-order valence-corrected chi connectivity index (χ0v) is 31.8. The molecule has 41 heavy (non-hydrogen) atoms. The maximum atomic E-state index is 10.4. The second kappa shape index (κ2) is 42.4. The molecular weight excluding hydrogens is 607 g/mol. The summed E-state index contributed by atoms with van der Waals surface area (Å²) in [6.07, 6.45) is 43.9. The van der Waals surface area contributed by atoms with E-state index < -0.39 is 5.97 Å². The molecule has 0 aromatic heterocycles. The molecule has 0 saturated heterocycles. The van der Waals surface area contributed by atoms with Crippen LogP contribution in [0.4, 0.5) is 0 Å². The van der Waals surface area contributed by atoms with Crippen LogP contribution in [0.5, 0.6) is 0 Å². The summed E-state index contributed by atoms with van der Waals surface area (Å²) in [5.41, 5.74) is 0. The van der Waals surface area contributed by atoms with E-state index in [2.05, 4.69) is 20.8 Å². The molecule has 0 aliphatic rings. The Hall–Kier alpha value is 0.269. The monoisotopic (exact) mass is 687 g/mol. The summed E-state index contributed by atoms with van der Waals surface area (Å²) in [5, 5.41) is 8.56. The number of unbranched alkanes of at least 4 members (excludes halogenated alkanes) is 28. The molecule has 246 valence electrons. The van der Waals surface area contributed by atoms with Crippen molar-refractivity contribution in [3.63, 3.8) is 0 Å². The number of carboxylic acids is 1. The van der Waals surface area contributed by atoms with E-state index in [1.54, 1.807) is 21.7 Å². The molecule has 0 amide bonds. The Labute approximate surface area is 271 Å². The van der Waals surface area contributed by atoms with E-state index in [9.17, 15) is 4.79 Å². The molecule has 1 N–H and O–H groups in total. The number of aliphatic carboxylic acids is 1. The Morgan fingerprint density at radius 2 is 0.585 bits per heavy atom. The van der Waals surface area contributed by atoms with E-state index in [1.165, 1.54) is 173 Å². The van der Waals surface area contributed by atoms with Crippen molar-refractivity contribution in [1.29, 1.82) is 0 Å². The van der Waals surface area contributed by atoms with E-state index >= 15 is 0 Å². The van der Waals surface area contributed by atoms with Crippen LogP contribution in [0.15, 0.2) is 0 Å². The second-order valence-electron chi connectivity index (χ2n) is 12.8. The first kappa shape index (κ1) is 43.4. The van der Waals surface area contributed by atoms with Crippen LogP contribution in [-0.4, -0.2) is 32.2 Å². The van der Waals surface area contributed by atoms with Gasteiger partial charge in [0.05, 0.1) is 0 Å². The fourth-order valence-electron chi connectivity index (χ4n) is 5.54. The third-order valence-electron chi connectivity index (χ3n) is 8.41. The standard InChI is InChI=1S/C22H44O2.2C8H17.Sn/c1-2-3-4-5-6-7-8-9-10-11-12-13-14-15-16-17-18-19-20-21-22(23)24;2*1-3-5-7-8-6-4-2;/h2-21H2,1H3,(H,23,24);2*1,3-8H2,2H3;. The number of rotatable bonds is 34. The van der Waals surface area contributed by atoms with Crippen molar-refractivity contribution < 1.29 is 9.90 Å². The van der Waals surface area contributed by atoms with Gasteiger partial charge < -0.3 is 5.11 Å². The first-order valence-electron chi connectivity index (χ1n) is 19.1. The van der Waals surface area contributed by atoms with Crippen LogP contribution in [0, 0.1) is 0 Å². The molecule has 0 aromatic carbocycles. The number of hydrogen-bond donors (Lipinski definition) is 1. The van der Waals surface area contributed by atoms with Crippen LogP contribution in [-0.2, 0) is 4.79 Å². The van der Waals surface area contributed by atoms with E-state index in [0.29, 0.717) is 6.42 Å². The zero-order valence-electron chi connectivity index (χ0n) is 28.9. The molecule has 0 unspecified atom stereocenters. The molecule has 2 nitrogen and oxygen atoms in total. The summed E-state index contributed by atoms with van der Waals surface area (Å²) in [6, 6.07) is 0. The van der Waals surface area contributed by atoms with Gasteiger partial charge in [-0.3, -0.25) is 4.79 Å². The van der Waals surface area contributed by atoms with Crippen LogP contribution >= 0.6 is 0 Å². The minimum absolute atomic E-state index is 0.0736. The van der Waals surface area contributed by atoms with Gasteiger partial charge in [-0.15, -0.1) is 0 Å². The van der Waals surface area contributed by atoms with Crippen LogP contribution in [0.3, 0.4) is 0 Å². The molecule has 0 aliphatic heterocycles. The van der Waals surface area contributed by atoms with Crippen LogP contribution in [0.25, 0.3) is 0 Å². The molecule has 0 fully saturated rings. The molecule has 0 heterocycles. The summed E-state index contributed by atoms with van der Waals surface area (Å²) in [4.78, 5) is 10.4. The number of carbonyl (C=O) groups is 1. The van der Waals surface area contributed by atoms with Gasteiger partial charge in [-0.05, 0) is 6.42 Å². The van der Waals surface area contributed by atoms with Crippen molar-refractivity contribution in [2.24, 2.45) is 0 Å². The van der Waals surface area contributed by atoms with Crippen molar-refractivity contribution >= 4 is 27.1 Å². The van der Waals surface area contributed by atoms with E-state index in [4.69, 9.17) is 5.11 Å². The van der Waals surface area contributed by atoms with Crippen molar-refractivity contribution in [3.05, 3.63) is 0 Å². The van der Waals surface area contributed by atoms with Gasteiger partial charge in [0.15, 0.2) is 0 Å². The second-order valence-corrected chi connectivity index (χ2v) is 17.1. The molecule has 0 bridgehead atoms. The molecule has 0 spiro atoms. The third-order valence-corrected chi connectivity index (χ3v) is 12.4. The van der Waals surface area contributed by atoms with Crippen LogP contribution < -0.4 is 0 Å². The fourth-order valence-corrected chi connectivity index (χ4v) is 9.11. The average molecular weight is 686 g/mol. The van der Waals surface area contributed by atoms with Crippen LogP contribution in [0.1, 0.15) is 226 Å². The predicted molar refractivity (Wildman–Crippen MR) is 188 cm³/mol. The van der Waals surface area contributed by atoms with Crippen molar-refractivity contribution in [2.75, 3.05) is 0 Å². The number of hydrogen-bond acceptors (Lipinski definition) is 1. The molecule has 3 heteroatoms. The molecule has 0 aliphatic carbocycles. The molecule has 0 rings (SSSR count). The quantitative estimate of drug-likeness (QED) is 0.0541. The topological polar surface area (TPSA) is 37.3 Å². The zero-order chi connectivity index (χ0) is 30.3. The summed E-state index contributed by atoms with van der Waals surface area (Å²) >= 11 is 0.0736. The molecule has 0 saturated carbocycles. The van der Waals surface area contributed by atoms with Crippen molar-refractivity contribution in [1.82, 2.24) is 0 Å². The Balaban J connectivity index is 0. The Morgan fingerprint density at radius 1 is 0.366 bits per heavy atom. The van der Waals surface area contributed by atoms with Gasteiger partial charge in [-0.25, -0.2) is 0 Å². The molecule has 0 atom stereocenters. The average Bonchev–Trinajstić information content (AvgIpc) is 2.97. The number of carboxylic acid groups (broad SMARTS) is 1. The SMILES string of the molecule is CCCCCCCCCCCCCCCCCCCCCC(=O)O.CCCCCCC[CH2][Sn][CH2]CCCCCCC. The van der Waals surface area contributed by atoms with E-state index in [1.807, 2.05) is 0 Å². The van der Waals surface area contributed by atoms with Crippen molar-refractivity contribution in [2.45, 2.75) is 235 Å². The Kier molecular flexibility index (Phi) is 44.9. The van der Waals surface area contributed by atoms with Gasteiger partial charge in [-0.2, -0.15) is 0 Å². The minimum atomic E-state index is -0.651. The van der Waals surface area contributed by atoms with Gasteiger partial charge >= 0.3 is 127 Å². The molecule has 0 aromatic rings. The third kappa shape index (κ3) is 47.4. The summed E-state index contributed by atoms with van der Waals surface area (Å²) in [6.45, 7) is 6.88. The van der Waals surface area contributed by atoms with E-state index in [-0.39, 0.29) is 21.1 Å². The van der Waals surface area contributed by atoms with Gasteiger partial charge in [0.1, 0.15) is 0 Å². The van der Waals surface area contributed by atoms with Gasteiger partial charge in [0.2, 0.25) is 0 Å². The predicted octanol–water partition coefficient (Wildman–Crippen LogP) is 14.1. The first-order chi connectivity index (χ1) is 20.2. The maximum absolute atomic E-state index is 10.4. The van der Waals surface area contributed by atoms with Crippen molar-refractivity contribution in [3.8, 4) is 0 Å². The summed E-state index contributed by atoms with van der Waals surface area (Å²) in [5.74, 6) is -0.651. The molecular formula is C38H78O2Sn. The fraction of sp³-hybridized carbons (Fsp3) is 0.974. The summed E-state index contributed by atoms with van der Waals surface area (Å²) in [7, 11) is 0. The Bertz CT molecular complexity index is 440. The summed E-state index contributed by atoms with van der Waals surface area (Å²) < 4.78 is 3.31. The van der Waals surface area contributed by atoms with Crippen LogP contribution in [0.2, 0.25) is 8.87 Å². The molecule has 2 radical (unpaired) electrons. The van der Waals surface area contributed by atoms with Gasteiger partial charge in [0, 0.05) is 6.42 Å². The first-order valence-corrected chi connectivity index (χ1v) is 23.1. The normalized spacial score (nSPS) is 11.0. The van der Waals surface area contributed by atoms with E-state index in [0.717, 1.165) is 12.8 Å². The van der Waals surface area contributed by atoms with Gasteiger partial charge in [0.25, 0.3) is 0 Å².